The molecule has 0 radical (unpaired) electrons. The third-order valence-electron chi connectivity index (χ3n) is 5.37. The molecular weight excluding hydrogens is 440 g/mol. The Kier molecular flexibility index (Phi) is 6.62. The lowest BCUT2D eigenvalue weighted by Crippen LogP contribution is -2.35. The number of hydrogen-bond acceptors (Lipinski definition) is 6. The van der Waals surface area contributed by atoms with Gasteiger partial charge in [0.15, 0.2) is 0 Å². The standard InChI is InChI=1S/C25H25ClN4O3/c1-4-33-24(31)20-18(15-29(2)3)27-23-21(19(20)16-11-7-5-8-12-16)22(26)28-25(32)30(23)17-13-9-6-10-14-17/h5-14,19,27H,4,15H2,1-3H3. The fourth-order valence-corrected chi connectivity index (χ4v) is 4.37. The summed E-state index contributed by atoms with van der Waals surface area (Å²) < 4.78 is 6.95. The number of benzene rings is 2. The molecule has 1 N–H and O–H groups in total. The van der Waals surface area contributed by atoms with Crippen LogP contribution in [0.5, 0.6) is 0 Å². The van der Waals surface area contributed by atoms with Crippen LogP contribution in [0.1, 0.15) is 24.0 Å². The first-order valence-electron chi connectivity index (χ1n) is 10.7. The molecule has 0 spiro atoms. The van der Waals surface area contributed by atoms with Crippen LogP contribution in [0.15, 0.2) is 76.7 Å². The van der Waals surface area contributed by atoms with Gasteiger partial charge in [-0.2, -0.15) is 4.98 Å². The van der Waals surface area contributed by atoms with E-state index in [2.05, 4.69) is 10.3 Å². The fourth-order valence-electron chi connectivity index (χ4n) is 4.10. The average Bonchev–Trinajstić information content (AvgIpc) is 2.79. The summed E-state index contributed by atoms with van der Waals surface area (Å²) in [6.45, 7) is 2.44. The highest BCUT2D eigenvalue weighted by atomic mass is 35.5. The highest BCUT2D eigenvalue weighted by molar-refractivity contribution is 6.30. The minimum atomic E-state index is -0.563. The maximum Gasteiger partial charge on any atom is 0.355 e. The molecule has 0 bridgehead atoms. The summed E-state index contributed by atoms with van der Waals surface area (Å²) in [4.78, 5) is 32.3. The van der Waals surface area contributed by atoms with Crippen molar-refractivity contribution < 1.29 is 9.53 Å². The molecule has 1 aliphatic heterocycles. The Hall–Kier alpha value is -3.42. The Balaban J connectivity index is 2.07. The number of carbonyl (C=O) groups excluding carboxylic acids is 1. The minimum absolute atomic E-state index is 0.0502. The second-order valence-electron chi connectivity index (χ2n) is 7.94. The van der Waals surface area contributed by atoms with Gasteiger partial charge in [0.1, 0.15) is 11.0 Å². The third kappa shape index (κ3) is 4.42. The molecule has 0 saturated carbocycles. The number of rotatable bonds is 6. The molecule has 0 saturated heterocycles. The number of hydrogen-bond donors (Lipinski definition) is 1. The van der Waals surface area contributed by atoms with Crippen LogP contribution >= 0.6 is 11.6 Å². The molecule has 0 aliphatic carbocycles. The highest BCUT2D eigenvalue weighted by Gasteiger charge is 2.38. The molecule has 1 aromatic heterocycles. The second kappa shape index (κ2) is 9.60. The normalized spacial score (nSPS) is 15.2. The number of ether oxygens (including phenoxy) is 1. The van der Waals surface area contributed by atoms with E-state index in [9.17, 15) is 9.59 Å². The molecule has 33 heavy (non-hydrogen) atoms. The Morgan fingerprint density at radius 3 is 2.36 bits per heavy atom. The predicted molar refractivity (Wildman–Crippen MR) is 129 cm³/mol. The first kappa shape index (κ1) is 22.8. The number of esters is 1. The minimum Gasteiger partial charge on any atom is -0.463 e. The molecule has 2 heterocycles. The van der Waals surface area contributed by atoms with Crippen LogP contribution in [0.4, 0.5) is 5.82 Å². The molecular formula is C25H25ClN4O3. The number of nitrogens with zero attached hydrogens (tertiary/aromatic N) is 3. The van der Waals surface area contributed by atoms with E-state index < -0.39 is 17.6 Å². The van der Waals surface area contributed by atoms with E-state index in [4.69, 9.17) is 16.3 Å². The van der Waals surface area contributed by atoms with Gasteiger partial charge in [0.2, 0.25) is 0 Å². The average molecular weight is 465 g/mol. The number of carbonyl (C=O) groups is 1. The van der Waals surface area contributed by atoms with Gasteiger partial charge < -0.3 is 15.0 Å². The molecule has 2 aromatic carbocycles. The molecule has 1 atom stereocenters. The Labute approximate surface area is 197 Å². The van der Waals surface area contributed by atoms with Crippen LogP contribution in [0.25, 0.3) is 5.69 Å². The Morgan fingerprint density at radius 1 is 1.12 bits per heavy atom. The van der Waals surface area contributed by atoms with Crippen molar-refractivity contribution in [3.05, 3.63) is 98.7 Å². The van der Waals surface area contributed by atoms with Gasteiger partial charge in [-0.1, -0.05) is 60.1 Å². The van der Waals surface area contributed by atoms with Crippen molar-refractivity contribution in [2.45, 2.75) is 12.8 Å². The van der Waals surface area contributed by atoms with Crippen molar-refractivity contribution >= 4 is 23.4 Å². The molecule has 0 fully saturated rings. The van der Waals surface area contributed by atoms with Gasteiger partial charge in [-0.25, -0.2) is 14.2 Å². The monoisotopic (exact) mass is 464 g/mol. The highest BCUT2D eigenvalue weighted by Crippen LogP contribution is 2.44. The van der Waals surface area contributed by atoms with Crippen molar-refractivity contribution in [1.29, 1.82) is 0 Å². The summed E-state index contributed by atoms with van der Waals surface area (Å²) in [6, 6.07) is 18.8. The van der Waals surface area contributed by atoms with Crippen molar-refractivity contribution in [1.82, 2.24) is 14.5 Å². The molecule has 8 heteroatoms. The first-order valence-corrected chi connectivity index (χ1v) is 11.0. The van der Waals surface area contributed by atoms with Gasteiger partial charge in [-0.3, -0.25) is 0 Å². The van der Waals surface area contributed by atoms with Crippen LogP contribution in [-0.4, -0.2) is 47.7 Å². The van der Waals surface area contributed by atoms with E-state index in [1.54, 1.807) is 6.92 Å². The maximum atomic E-state index is 13.2. The van der Waals surface area contributed by atoms with E-state index >= 15 is 0 Å². The zero-order valence-electron chi connectivity index (χ0n) is 18.7. The smallest absolute Gasteiger partial charge is 0.355 e. The third-order valence-corrected chi connectivity index (χ3v) is 5.66. The first-order chi connectivity index (χ1) is 15.9. The Bertz CT molecular complexity index is 1250. The molecule has 1 aliphatic rings. The summed E-state index contributed by atoms with van der Waals surface area (Å²) in [7, 11) is 3.82. The zero-order chi connectivity index (χ0) is 23.5. The number of anilines is 1. The lowest BCUT2D eigenvalue weighted by atomic mass is 9.82. The molecule has 0 amide bonds. The number of fused-ring (bicyclic) bond motifs is 1. The van der Waals surface area contributed by atoms with E-state index in [0.717, 1.165) is 5.56 Å². The molecule has 3 aromatic rings. The van der Waals surface area contributed by atoms with Crippen molar-refractivity contribution in [3.8, 4) is 5.69 Å². The van der Waals surface area contributed by atoms with Crippen molar-refractivity contribution in [2.75, 3.05) is 32.6 Å². The zero-order valence-corrected chi connectivity index (χ0v) is 19.5. The summed E-state index contributed by atoms with van der Waals surface area (Å²) >= 11 is 6.60. The number of halogens is 1. The van der Waals surface area contributed by atoms with Crippen LogP contribution in [0.3, 0.4) is 0 Å². The largest absolute Gasteiger partial charge is 0.463 e. The Morgan fingerprint density at radius 2 is 1.76 bits per heavy atom. The SMILES string of the molecule is CCOC(=O)C1=C(CN(C)C)Nc2c(c(Cl)nc(=O)n2-c2ccccc2)C1c1ccccc1. The van der Waals surface area contributed by atoms with Crippen LogP contribution in [0.2, 0.25) is 5.15 Å². The summed E-state index contributed by atoms with van der Waals surface area (Å²) in [6.07, 6.45) is 0. The quantitative estimate of drug-likeness (QED) is 0.441. The number of likely N-dealkylation sites (N-methyl/N-ethyl adjacent to an activating group) is 1. The van der Waals surface area contributed by atoms with Gasteiger partial charge in [0.05, 0.1) is 17.9 Å². The van der Waals surface area contributed by atoms with E-state index in [-0.39, 0.29) is 11.8 Å². The molecule has 7 nitrogen and oxygen atoms in total. The lowest BCUT2D eigenvalue weighted by molar-refractivity contribution is -0.138. The van der Waals surface area contributed by atoms with Gasteiger partial charge in [0, 0.05) is 23.7 Å². The molecule has 170 valence electrons. The number of nitrogens with one attached hydrogen (secondary N) is 1. The van der Waals surface area contributed by atoms with E-state index in [1.165, 1.54) is 4.57 Å². The summed E-state index contributed by atoms with van der Waals surface area (Å²) in [5.74, 6) is -0.508. The predicted octanol–water partition coefficient (Wildman–Crippen LogP) is 3.82. The van der Waals surface area contributed by atoms with E-state index in [0.29, 0.717) is 34.9 Å². The van der Waals surface area contributed by atoms with Crippen LogP contribution in [0, 0.1) is 0 Å². The van der Waals surface area contributed by atoms with Crippen LogP contribution in [-0.2, 0) is 9.53 Å². The van der Waals surface area contributed by atoms with Gasteiger partial charge >= 0.3 is 11.7 Å². The lowest BCUT2D eigenvalue weighted by Gasteiger charge is -2.33. The van der Waals surface area contributed by atoms with Gasteiger partial charge in [0.25, 0.3) is 0 Å². The number of para-hydroxylation sites is 1. The van der Waals surface area contributed by atoms with Gasteiger partial charge in [-0.05, 0) is 38.7 Å². The van der Waals surface area contributed by atoms with Crippen molar-refractivity contribution in [3.63, 3.8) is 0 Å². The fraction of sp³-hybridized carbons (Fsp3) is 0.240. The summed E-state index contributed by atoms with van der Waals surface area (Å²) in [5.41, 5.74) is 2.63. The van der Waals surface area contributed by atoms with Gasteiger partial charge in [-0.15, -0.1) is 0 Å². The topological polar surface area (TPSA) is 76.5 Å². The van der Waals surface area contributed by atoms with Crippen LogP contribution < -0.4 is 11.0 Å². The molecule has 4 rings (SSSR count). The summed E-state index contributed by atoms with van der Waals surface area (Å²) in [5, 5.41) is 3.39. The van der Waals surface area contributed by atoms with E-state index in [1.807, 2.05) is 79.7 Å². The molecule has 1 unspecified atom stereocenters. The maximum absolute atomic E-state index is 13.2. The second-order valence-corrected chi connectivity index (χ2v) is 8.30. The van der Waals surface area contributed by atoms with Crippen molar-refractivity contribution in [2.24, 2.45) is 0 Å². The number of aromatic nitrogens is 2.